The minimum atomic E-state index is -0.506. The third kappa shape index (κ3) is 4.39. The average Bonchev–Trinajstić information content (AvgIpc) is 3.29. The molecule has 31 heavy (non-hydrogen) atoms. The van der Waals surface area contributed by atoms with Gasteiger partial charge >= 0.3 is 6.03 Å². The highest BCUT2D eigenvalue weighted by Crippen LogP contribution is 2.37. The molecule has 168 valence electrons. The maximum absolute atomic E-state index is 13.6. The molecule has 1 aliphatic carbocycles. The first kappa shape index (κ1) is 22.3. The number of urea groups is 1. The highest BCUT2D eigenvalue weighted by molar-refractivity contribution is 8.00. The summed E-state index contributed by atoms with van der Waals surface area (Å²) in [6.07, 6.45) is 3.90. The molecule has 1 aliphatic heterocycles. The zero-order valence-electron chi connectivity index (χ0n) is 18.6. The third-order valence-electron chi connectivity index (χ3n) is 6.06. The number of nitrogens with zero attached hydrogens (tertiary/aromatic N) is 3. The monoisotopic (exact) mass is 462 g/mol. The summed E-state index contributed by atoms with van der Waals surface area (Å²) in [4.78, 5) is 46.5. The highest BCUT2D eigenvalue weighted by atomic mass is 32.2. The molecule has 2 aliphatic rings. The molecule has 1 N–H and O–H groups in total. The molecule has 3 amide bonds. The number of fused-ring (bicyclic) bond motifs is 3. The van der Waals surface area contributed by atoms with Crippen molar-refractivity contribution >= 4 is 45.3 Å². The van der Waals surface area contributed by atoms with Gasteiger partial charge in [0.2, 0.25) is 5.91 Å². The molecule has 1 fully saturated rings. The van der Waals surface area contributed by atoms with Crippen LogP contribution in [-0.4, -0.2) is 44.7 Å². The van der Waals surface area contributed by atoms with E-state index >= 15 is 0 Å². The minimum absolute atomic E-state index is 0.0127. The SMILES string of the molecule is CC(C)CCn1c(SC(C)C(=O)N2CCNC2=O)nc2sc3c(c2c1=O)CCC(C)C3. The Morgan fingerprint density at radius 3 is 2.77 bits per heavy atom. The van der Waals surface area contributed by atoms with E-state index in [1.165, 1.54) is 27.1 Å². The fourth-order valence-electron chi connectivity index (χ4n) is 4.19. The van der Waals surface area contributed by atoms with Crippen molar-refractivity contribution in [1.29, 1.82) is 0 Å². The van der Waals surface area contributed by atoms with Gasteiger partial charge in [-0.05, 0) is 50.0 Å². The van der Waals surface area contributed by atoms with Crippen molar-refractivity contribution < 1.29 is 9.59 Å². The molecule has 0 radical (unpaired) electrons. The lowest BCUT2D eigenvalue weighted by Gasteiger charge is -2.20. The number of aryl methyl sites for hydroxylation is 1. The van der Waals surface area contributed by atoms with Gasteiger partial charge in [-0.2, -0.15) is 0 Å². The van der Waals surface area contributed by atoms with Crippen LogP contribution in [0.25, 0.3) is 10.2 Å². The average molecular weight is 463 g/mol. The van der Waals surface area contributed by atoms with Crippen LogP contribution in [0, 0.1) is 11.8 Å². The van der Waals surface area contributed by atoms with E-state index in [4.69, 9.17) is 4.98 Å². The number of rotatable bonds is 6. The van der Waals surface area contributed by atoms with Gasteiger partial charge in [-0.15, -0.1) is 11.3 Å². The summed E-state index contributed by atoms with van der Waals surface area (Å²) in [6.45, 7) is 9.74. The summed E-state index contributed by atoms with van der Waals surface area (Å²) in [7, 11) is 0. The standard InChI is InChI=1S/C22H30N4O3S2/c1-12(2)7-9-26-20(28)17-15-6-5-13(3)11-16(15)31-18(17)24-22(26)30-14(4)19(27)25-10-8-23-21(25)29/h12-14H,5-11H2,1-4H3,(H,23,29). The van der Waals surface area contributed by atoms with E-state index in [1.54, 1.807) is 22.8 Å². The molecule has 2 atom stereocenters. The molecular weight excluding hydrogens is 432 g/mol. The van der Waals surface area contributed by atoms with E-state index < -0.39 is 5.25 Å². The van der Waals surface area contributed by atoms with Crippen molar-refractivity contribution in [2.45, 2.75) is 70.3 Å². The van der Waals surface area contributed by atoms with Crippen molar-refractivity contribution in [2.24, 2.45) is 11.8 Å². The molecule has 7 nitrogen and oxygen atoms in total. The zero-order valence-corrected chi connectivity index (χ0v) is 20.2. The molecule has 2 aromatic heterocycles. The van der Waals surface area contributed by atoms with E-state index in [-0.39, 0.29) is 17.5 Å². The van der Waals surface area contributed by atoms with Crippen LogP contribution < -0.4 is 10.9 Å². The largest absolute Gasteiger partial charge is 0.336 e. The Morgan fingerprint density at radius 1 is 1.32 bits per heavy atom. The van der Waals surface area contributed by atoms with Crippen LogP contribution in [0.4, 0.5) is 4.79 Å². The Balaban J connectivity index is 1.72. The van der Waals surface area contributed by atoms with Gasteiger partial charge in [0, 0.05) is 24.5 Å². The van der Waals surface area contributed by atoms with Crippen molar-refractivity contribution in [3.05, 3.63) is 20.8 Å². The highest BCUT2D eigenvalue weighted by Gasteiger charge is 2.32. The van der Waals surface area contributed by atoms with Crippen LogP contribution in [0.5, 0.6) is 0 Å². The number of imide groups is 1. The predicted octanol–water partition coefficient (Wildman–Crippen LogP) is 3.66. The molecule has 0 saturated carbocycles. The first-order valence-corrected chi connectivity index (χ1v) is 12.8. The number of hydrogen-bond donors (Lipinski definition) is 1. The lowest BCUT2D eigenvalue weighted by atomic mass is 9.89. The summed E-state index contributed by atoms with van der Waals surface area (Å²) >= 11 is 2.91. The Morgan fingerprint density at radius 2 is 2.10 bits per heavy atom. The quantitative estimate of drug-likeness (QED) is 0.523. The number of nitrogens with one attached hydrogen (secondary N) is 1. The topological polar surface area (TPSA) is 84.3 Å². The van der Waals surface area contributed by atoms with E-state index in [9.17, 15) is 14.4 Å². The molecule has 0 aromatic carbocycles. The molecule has 4 rings (SSSR count). The number of thioether (sulfide) groups is 1. The maximum atomic E-state index is 13.6. The van der Waals surface area contributed by atoms with Crippen molar-refractivity contribution in [3.8, 4) is 0 Å². The van der Waals surface area contributed by atoms with Crippen LogP contribution in [0.2, 0.25) is 0 Å². The van der Waals surface area contributed by atoms with Crippen LogP contribution >= 0.6 is 23.1 Å². The smallest absolute Gasteiger partial charge is 0.324 e. The summed E-state index contributed by atoms with van der Waals surface area (Å²) in [6, 6.07) is -0.349. The molecule has 2 aromatic rings. The molecule has 1 saturated heterocycles. The number of aromatic nitrogens is 2. The van der Waals surface area contributed by atoms with Crippen LogP contribution in [0.15, 0.2) is 9.95 Å². The molecular formula is C22H30N4O3S2. The lowest BCUT2D eigenvalue weighted by Crippen LogP contribution is -2.39. The number of amides is 3. The Kier molecular flexibility index (Phi) is 6.44. The fraction of sp³-hybridized carbons (Fsp3) is 0.636. The molecule has 0 spiro atoms. The third-order valence-corrected chi connectivity index (χ3v) is 8.29. The van der Waals surface area contributed by atoms with Crippen molar-refractivity contribution in [3.63, 3.8) is 0 Å². The molecule has 3 heterocycles. The van der Waals surface area contributed by atoms with Crippen molar-refractivity contribution in [2.75, 3.05) is 13.1 Å². The van der Waals surface area contributed by atoms with Gasteiger partial charge in [-0.3, -0.25) is 19.1 Å². The summed E-state index contributed by atoms with van der Waals surface area (Å²) in [5.74, 6) is 0.830. The predicted molar refractivity (Wildman–Crippen MR) is 125 cm³/mol. The number of carbonyl (C=O) groups is 2. The van der Waals surface area contributed by atoms with Crippen LogP contribution in [0.1, 0.15) is 51.0 Å². The second-order valence-electron chi connectivity index (χ2n) is 9.05. The maximum Gasteiger partial charge on any atom is 0.324 e. The summed E-state index contributed by atoms with van der Waals surface area (Å²) in [5, 5.41) is 3.51. The Hall–Kier alpha value is -1.87. The van der Waals surface area contributed by atoms with E-state index in [1.807, 2.05) is 0 Å². The lowest BCUT2D eigenvalue weighted by molar-refractivity contribution is -0.126. The number of thiophene rings is 1. The second-order valence-corrected chi connectivity index (χ2v) is 11.4. The van der Waals surface area contributed by atoms with Gasteiger partial charge < -0.3 is 5.32 Å². The van der Waals surface area contributed by atoms with E-state index in [0.717, 1.165) is 35.9 Å². The first-order chi connectivity index (χ1) is 14.8. The van der Waals surface area contributed by atoms with Gasteiger partial charge in [0.25, 0.3) is 5.56 Å². The summed E-state index contributed by atoms with van der Waals surface area (Å²) < 4.78 is 1.76. The van der Waals surface area contributed by atoms with Gasteiger partial charge in [0.15, 0.2) is 5.16 Å². The van der Waals surface area contributed by atoms with Crippen LogP contribution in [0.3, 0.4) is 0 Å². The van der Waals surface area contributed by atoms with Crippen molar-refractivity contribution in [1.82, 2.24) is 19.8 Å². The fourth-order valence-corrected chi connectivity index (χ4v) is 6.61. The second kappa shape index (κ2) is 8.94. The first-order valence-electron chi connectivity index (χ1n) is 11.1. The summed E-state index contributed by atoms with van der Waals surface area (Å²) in [5.41, 5.74) is 1.20. The van der Waals surface area contributed by atoms with E-state index in [0.29, 0.717) is 36.6 Å². The van der Waals surface area contributed by atoms with Crippen LogP contribution in [-0.2, 0) is 24.2 Å². The van der Waals surface area contributed by atoms with Gasteiger partial charge in [0.05, 0.1) is 10.6 Å². The molecule has 0 bridgehead atoms. The Labute approximate surface area is 190 Å². The van der Waals surface area contributed by atoms with Gasteiger partial charge in [0.1, 0.15) is 4.83 Å². The normalized spacial score (nSPS) is 19.7. The zero-order chi connectivity index (χ0) is 22.3. The van der Waals surface area contributed by atoms with Gasteiger partial charge in [-0.1, -0.05) is 32.5 Å². The van der Waals surface area contributed by atoms with Gasteiger partial charge in [-0.25, -0.2) is 9.78 Å². The molecule has 9 heteroatoms. The van der Waals surface area contributed by atoms with E-state index in [2.05, 4.69) is 26.1 Å². The number of carbonyl (C=O) groups excluding carboxylic acids is 2. The number of hydrogen-bond acceptors (Lipinski definition) is 6. The minimum Gasteiger partial charge on any atom is -0.336 e. The molecule has 2 unspecified atom stereocenters. The Bertz CT molecular complexity index is 1070.